The topological polar surface area (TPSA) is 57.6 Å². The van der Waals surface area contributed by atoms with E-state index in [4.69, 9.17) is 0 Å². The van der Waals surface area contributed by atoms with Crippen LogP contribution in [-0.4, -0.2) is 34.5 Å². The van der Waals surface area contributed by atoms with Crippen LogP contribution in [0.15, 0.2) is 0 Å². The van der Waals surface area contributed by atoms with Gasteiger partial charge in [0.25, 0.3) is 0 Å². The minimum absolute atomic E-state index is 0.0325. The molecule has 1 rings (SSSR count). The maximum atomic E-state index is 12.5. The third-order valence-corrected chi connectivity index (χ3v) is 3.79. The third-order valence-electron chi connectivity index (χ3n) is 3.79. The molecule has 0 aromatic heterocycles. The summed E-state index contributed by atoms with van der Waals surface area (Å²) in [6.45, 7) is 6.74. The van der Waals surface area contributed by atoms with Crippen LogP contribution in [0.4, 0.5) is 0 Å². The maximum Gasteiger partial charge on any atom is 0.326 e. The first-order valence-corrected chi connectivity index (χ1v) is 7.02. The molecule has 0 radical (unpaired) electrons. The van der Waals surface area contributed by atoms with Gasteiger partial charge in [-0.3, -0.25) is 4.79 Å². The number of carbonyl (C=O) groups is 2. The van der Waals surface area contributed by atoms with Gasteiger partial charge in [0, 0.05) is 12.5 Å². The number of amides is 1. The first-order chi connectivity index (χ1) is 8.49. The van der Waals surface area contributed by atoms with E-state index in [-0.39, 0.29) is 17.7 Å². The summed E-state index contributed by atoms with van der Waals surface area (Å²) in [7, 11) is 0. The predicted octanol–water partition coefficient (Wildman–Crippen LogP) is 2.52. The number of aliphatic carboxylic acids is 1. The Morgan fingerprint density at radius 1 is 1.33 bits per heavy atom. The summed E-state index contributed by atoms with van der Waals surface area (Å²) < 4.78 is 0. The van der Waals surface area contributed by atoms with Crippen molar-refractivity contribution in [3.63, 3.8) is 0 Å². The van der Waals surface area contributed by atoms with E-state index in [9.17, 15) is 14.7 Å². The van der Waals surface area contributed by atoms with Crippen LogP contribution in [0.25, 0.3) is 0 Å². The fourth-order valence-corrected chi connectivity index (χ4v) is 2.72. The normalized spacial score (nSPS) is 22.0. The number of likely N-dealkylation sites (tertiary alicyclic amines) is 1. The first kappa shape index (κ1) is 15.0. The molecule has 1 aliphatic heterocycles. The van der Waals surface area contributed by atoms with Gasteiger partial charge in [-0.05, 0) is 31.6 Å². The first-order valence-electron chi connectivity index (χ1n) is 7.02. The van der Waals surface area contributed by atoms with Gasteiger partial charge >= 0.3 is 5.97 Å². The molecule has 4 heteroatoms. The van der Waals surface area contributed by atoms with Crippen molar-refractivity contribution < 1.29 is 14.7 Å². The van der Waals surface area contributed by atoms with Crippen LogP contribution in [0.1, 0.15) is 52.9 Å². The van der Waals surface area contributed by atoms with Crippen molar-refractivity contribution in [1.82, 2.24) is 4.90 Å². The molecular formula is C14H25NO3. The van der Waals surface area contributed by atoms with Gasteiger partial charge in [0.05, 0.1) is 0 Å². The molecule has 0 aromatic carbocycles. The monoisotopic (exact) mass is 255 g/mol. The van der Waals surface area contributed by atoms with Gasteiger partial charge in [0.2, 0.25) is 5.91 Å². The molecule has 0 aliphatic carbocycles. The highest BCUT2D eigenvalue weighted by Crippen LogP contribution is 2.25. The van der Waals surface area contributed by atoms with Crippen LogP contribution in [-0.2, 0) is 9.59 Å². The Balaban J connectivity index is 2.80. The average Bonchev–Trinajstić information content (AvgIpc) is 2.34. The van der Waals surface area contributed by atoms with Crippen LogP contribution < -0.4 is 0 Å². The molecule has 1 fully saturated rings. The second-order valence-corrected chi connectivity index (χ2v) is 5.52. The lowest BCUT2D eigenvalue weighted by Gasteiger charge is -2.36. The molecule has 0 aromatic rings. The Morgan fingerprint density at radius 3 is 2.50 bits per heavy atom. The number of carboxylic acids is 1. The SMILES string of the molecule is CCCC(C(=O)N1CCCCC1C(=O)O)C(C)C. The van der Waals surface area contributed by atoms with Gasteiger partial charge in [-0.2, -0.15) is 0 Å². The second-order valence-electron chi connectivity index (χ2n) is 5.52. The van der Waals surface area contributed by atoms with Crippen molar-refractivity contribution in [2.75, 3.05) is 6.54 Å². The molecule has 1 heterocycles. The molecule has 0 spiro atoms. The lowest BCUT2D eigenvalue weighted by Crippen LogP contribution is -2.50. The summed E-state index contributed by atoms with van der Waals surface area (Å²) in [5.41, 5.74) is 0. The minimum Gasteiger partial charge on any atom is -0.480 e. The molecule has 2 unspecified atom stereocenters. The van der Waals surface area contributed by atoms with E-state index < -0.39 is 12.0 Å². The zero-order chi connectivity index (χ0) is 13.7. The van der Waals surface area contributed by atoms with E-state index in [1.807, 2.05) is 13.8 Å². The van der Waals surface area contributed by atoms with Crippen molar-refractivity contribution in [1.29, 1.82) is 0 Å². The van der Waals surface area contributed by atoms with Crippen molar-refractivity contribution in [3.05, 3.63) is 0 Å². The Kier molecular flexibility index (Phi) is 5.63. The third kappa shape index (κ3) is 3.47. The van der Waals surface area contributed by atoms with Crippen LogP contribution in [0.3, 0.4) is 0 Å². The molecule has 18 heavy (non-hydrogen) atoms. The predicted molar refractivity (Wildman–Crippen MR) is 70.2 cm³/mol. The molecule has 104 valence electrons. The number of nitrogens with zero attached hydrogens (tertiary/aromatic N) is 1. The van der Waals surface area contributed by atoms with Gasteiger partial charge in [0.1, 0.15) is 6.04 Å². The highest BCUT2D eigenvalue weighted by atomic mass is 16.4. The van der Waals surface area contributed by atoms with Crippen molar-refractivity contribution in [2.24, 2.45) is 11.8 Å². The second kappa shape index (κ2) is 6.76. The van der Waals surface area contributed by atoms with E-state index in [2.05, 4.69) is 6.92 Å². The maximum absolute atomic E-state index is 12.5. The quantitative estimate of drug-likeness (QED) is 0.821. The lowest BCUT2D eigenvalue weighted by atomic mass is 9.88. The Morgan fingerprint density at radius 2 is 2.00 bits per heavy atom. The highest BCUT2D eigenvalue weighted by molar-refractivity contribution is 5.85. The standard InChI is InChI=1S/C14H25NO3/c1-4-7-11(10(2)3)13(16)15-9-6-5-8-12(15)14(17)18/h10-12H,4-9H2,1-3H3,(H,17,18). The van der Waals surface area contributed by atoms with Crippen LogP contribution >= 0.6 is 0 Å². The molecule has 1 saturated heterocycles. The molecule has 1 aliphatic rings. The van der Waals surface area contributed by atoms with E-state index in [0.29, 0.717) is 13.0 Å². The molecule has 0 bridgehead atoms. The number of piperidine rings is 1. The summed E-state index contributed by atoms with van der Waals surface area (Å²) >= 11 is 0. The van der Waals surface area contributed by atoms with Crippen molar-refractivity contribution in [3.8, 4) is 0 Å². The smallest absolute Gasteiger partial charge is 0.326 e. The van der Waals surface area contributed by atoms with Gasteiger partial charge in [-0.15, -0.1) is 0 Å². The fourth-order valence-electron chi connectivity index (χ4n) is 2.72. The molecule has 1 amide bonds. The van der Waals surface area contributed by atoms with E-state index in [1.54, 1.807) is 4.90 Å². The molecule has 4 nitrogen and oxygen atoms in total. The summed E-state index contributed by atoms with van der Waals surface area (Å²) in [5, 5.41) is 9.21. The van der Waals surface area contributed by atoms with Crippen molar-refractivity contribution in [2.45, 2.75) is 58.9 Å². The Bertz CT molecular complexity index is 301. The summed E-state index contributed by atoms with van der Waals surface area (Å²) in [6.07, 6.45) is 4.23. The number of carbonyl (C=O) groups excluding carboxylic acids is 1. The summed E-state index contributed by atoms with van der Waals surface area (Å²) in [5.74, 6) is -0.579. The lowest BCUT2D eigenvalue weighted by molar-refractivity contribution is -0.154. The zero-order valence-corrected chi connectivity index (χ0v) is 11.7. The largest absolute Gasteiger partial charge is 0.480 e. The Hall–Kier alpha value is -1.06. The van der Waals surface area contributed by atoms with Gasteiger partial charge in [0.15, 0.2) is 0 Å². The number of hydrogen-bond acceptors (Lipinski definition) is 2. The number of hydrogen-bond donors (Lipinski definition) is 1. The van der Waals surface area contributed by atoms with Gasteiger partial charge in [-0.25, -0.2) is 4.79 Å². The van der Waals surface area contributed by atoms with E-state index in [0.717, 1.165) is 25.7 Å². The van der Waals surface area contributed by atoms with Crippen LogP contribution in [0.2, 0.25) is 0 Å². The van der Waals surface area contributed by atoms with Crippen molar-refractivity contribution >= 4 is 11.9 Å². The molecule has 1 N–H and O–H groups in total. The highest BCUT2D eigenvalue weighted by Gasteiger charge is 2.35. The molecular weight excluding hydrogens is 230 g/mol. The number of carboxylic acid groups (broad SMARTS) is 1. The van der Waals surface area contributed by atoms with E-state index in [1.165, 1.54) is 0 Å². The fraction of sp³-hybridized carbons (Fsp3) is 0.857. The van der Waals surface area contributed by atoms with Gasteiger partial charge < -0.3 is 10.0 Å². The average molecular weight is 255 g/mol. The van der Waals surface area contributed by atoms with Crippen LogP contribution in [0, 0.1) is 11.8 Å². The zero-order valence-electron chi connectivity index (χ0n) is 11.7. The summed E-state index contributed by atoms with van der Waals surface area (Å²) in [4.78, 5) is 25.3. The minimum atomic E-state index is -0.859. The summed E-state index contributed by atoms with van der Waals surface area (Å²) in [6, 6.07) is -0.607. The van der Waals surface area contributed by atoms with Gasteiger partial charge in [-0.1, -0.05) is 27.2 Å². The molecule has 2 atom stereocenters. The number of rotatable bonds is 5. The van der Waals surface area contributed by atoms with E-state index >= 15 is 0 Å². The molecule has 0 saturated carbocycles. The van der Waals surface area contributed by atoms with Crippen LogP contribution in [0.5, 0.6) is 0 Å². The Labute approximate surface area is 109 Å².